The quantitative estimate of drug-likeness (QED) is 0.618. The van der Waals surface area contributed by atoms with Gasteiger partial charge in [-0.2, -0.15) is 0 Å². The van der Waals surface area contributed by atoms with Gasteiger partial charge in [-0.3, -0.25) is 4.79 Å². The number of aldehydes is 1. The van der Waals surface area contributed by atoms with Gasteiger partial charge in [0.2, 0.25) is 0 Å². The van der Waals surface area contributed by atoms with Gasteiger partial charge < -0.3 is 0 Å². The van der Waals surface area contributed by atoms with Gasteiger partial charge in [-0.05, 0) is 11.6 Å². The van der Waals surface area contributed by atoms with Crippen LogP contribution in [0.25, 0.3) is 6.08 Å². The minimum absolute atomic E-state index is 0.560. The van der Waals surface area contributed by atoms with Crippen LogP contribution in [0.1, 0.15) is 15.9 Å². The highest BCUT2D eigenvalue weighted by molar-refractivity contribution is 6.32. The highest BCUT2D eigenvalue weighted by Crippen LogP contribution is 2.17. The summed E-state index contributed by atoms with van der Waals surface area (Å²) < 4.78 is 0. The summed E-state index contributed by atoms with van der Waals surface area (Å²) in [4.78, 5) is 10.3. The van der Waals surface area contributed by atoms with Crippen LogP contribution < -0.4 is 0 Å². The summed E-state index contributed by atoms with van der Waals surface area (Å²) in [5.74, 6) is 0. The van der Waals surface area contributed by atoms with Gasteiger partial charge in [0.15, 0.2) is 0 Å². The maximum absolute atomic E-state index is 10.3. The number of carbonyl (C=O) groups is 1. The normalized spacial score (nSPS) is 9.18. The number of hydrogen-bond donors (Lipinski definition) is 0. The fourth-order valence-corrected chi connectivity index (χ4v) is 1.05. The second-order valence-corrected chi connectivity index (χ2v) is 2.51. The van der Waals surface area contributed by atoms with Crippen LogP contribution in [0.3, 0.4) is 0 Å². The standard InChI is InChI=1S/C9H7ClO/c1-2-8-4-3-7(6-11)5-9(8)10/h2-6H,1H2. The van der Waals surface area contributed by atoms with Gasteiger partial charge in [0.1, 0.15) is 6.29 Å². The van der Waals surface area contributed by atoms with Crippen LogP contribution in [0.5, 0.6) is 0 Å². The maximum Gasteiger partial charge on any atom is 0.150 e. The zero-order valence-corrected chi connectivity index (χ0v) is 6.64. The van der Waals surface area contributed by atoms with E-state index in [4.69, 9.17) is 11.6 Å². The van der Waals surface area contributed by atoms with Crippen molar-refractivity contribution in [3.05, 3.63) is 40.9 Å². The Balaban J connectivity index is 3.18. The Bertz CT molecular complexity index is 292. The summed E-state index contributed by atoms with van der Waals surface area (Å²) in [6, 6.07) is 5.08. The molecule has 0 heterocycles. The number of benzene rings is 1. The van der Waals surface area contributed by atoms with Gasteiger partial charge in [-0.25, -0.2) is 0 Å². The average Bonchev–Trinajstić information content (AvgIpc) is 2.04. The van der Waals surface area contributed by atoms with Crippen molar-refractivity contribution in [3.8, 4) is 0 Å². The van der Waals surface area contributed by atoms with Gasteiger partial charge >= 0.3 is 0 Å². The van der Waals surface area contributed by atoms with Crippen molar-refractivity contribution < 1.29 is 4.79 Å². The molecular formula is C9H7ClO. The lowest BCUT2D eigenvalue weighted by Crippen LogP contribution is -1.80. The van der Waals surface area contributed by atoms with Crippen molar-refractivity contribution >= 4 is 24.0 Å². The van der Waals surface area contributed by atoms with Crippen LogP contribution in [0, 0.1) is 0 Å². The molecule has 0 bridgehead atoms. The van der Waals surface area contributed by atoms with E-state index >= 15 is 0 Å². The van der Waals surface area contributed by atoms with E-state index in [1.165, 1.54) is 0 Å². The van der Waals surface area contributed by atoms with E-state index in [0.29, 0.717) is 10.6 Å². The zero-order valence-electron chi connectivity index (χ0n) is 5.88. The molecule has 1 aromatic rings. The molecule has 0 aliphatic heterocycles. The monoisotopic (exact) mass is 166 g/mol. The van der Waals surface area contributed by atoms with Gasteiger partial charge in [-0.1, -0.05) is 36.4 Å². The van der Waals surface area contributed by atoms with Gasteiger partial charge in [-0.15, -0.1) is 0 Å². The van der Waals surface area contributed by atoms with Crippen molar-refractivity contribution in [1.29, 1.82) is 0 Å². The lowest BCUT2D eigenvalue weighted by molar-refractivity contribution is 0.112. The molecule has 0 saturated heterocycles. The Hall–Kier alpha value is -1.08. The molecule has 1 aromatic carbocycles. The second kappa shape index (κ2) is 3.35. The highest BCUT2D eigenvalue weighted by atomic mass is 35.5. The molecule has 0 fully saturated rings. The van der Waals surface area contributed by atoms with Crippen LogP contribution in [-0.4, -0.2) is 6.29 Å². The third-order valence-corrected chi connectivity index (χ3v) is 1.71. The van der Waals surface area contributed by atoms with Crippen molar-refractivity contribution in [3.63, 3.8) is 0 Å². The summed E-state index contributed by atoms with van der Waals surface area (Å²) in [6.07, 6.45) is 2.41. The first-order valence-corrected chi connectivity index (χ1v) is 3.53. The van der Waals surface area contributed by atoms with E-state index in [2.05, 4.69) is 6.58 Å². The molecule has 2 heteroatoms. The van der Waals surface area contributed by atoms with E-state index < -0.39 is 0 Å². The minimum atomic E-state index is 0.560. The van der Waals surface area contributed by atoms with Crippen LogP contribution in [0.15, 0.2) is 24.8 Å². The molecule has 0 aromatic heterocycles. The molecule has 0 aliphatic rings. The van der Waals surface area contributed by atoms with Gasteiger partial charge in [0.25, 0.3) is 0 Å². The predicted molar refractivity (Wildman–Crippen MR) is 46.9 cm³/mol. The molecule has 0 saturated carbocycles. The average molecular weight is 167 g/mol. The molecule has 0 amide bonds. The van der Waals surface area contributed by atoms with E-state index in [-0.39, 0.29) is 0 Å². The minimum Gasteiger partial charge on any atom is -0.298 e. The fourth-order valence-electron chi connectivity index (χ4n) is 0.782. The number of rotatable bonds is 2. The molecule has 11 heavy (non-hydrogen) atoms. The van der Waals surface area contributed by atoms with Crippen LogP contribution >= 0.6 is 11.6 Å². The number of halogens is 1. The van der Waals surface area contributed by atoms with E-state index in [1.807, 2.05) is 0 Å². The SMILES string of the molecule is C=Cc1ccc(C=O)cc1Cl. The first kappa shape index (κ1) is 8.02. The van der Waals surface area contributed by atoms with Gasteiger partial charge in [0, 0.05) is 10.6 Å². The summed E-state index contributed by atoms with van der Waals surface area (Å²) >= 11 is 5.78. The Morgan fingerprint density at radius 3 is 2.64 bits per heavy atom. The zero-order chi connectivity index (χ0) is 8.27. The fraction of sp³-hybridized carbons (Fsp3) is 0. The molecular weight excluding hydrogens is 160 g/mol. The van der Waals surface area contributed by atoms with Crippen molar-refractivity contribution in [2.24, 2.45) is 0 Å². The van der Waals surface area contributed by atoms with Gasteiger partial charge in [0.05, 0.1) is 0 Å². The number of carbonyl (C=O) groups excluding carboxylic acids is 1. The Kier molecular flexibility index (Phi) is 2.44. The molecule has 0 spiro atoms. The second-order valence-electron chi connectivity index (χ2n) is 2.10. The van der Waals surface area contributed by atoms with Crippen molar-refractivity contribution in [2.75, 3.05) is 0 Å². The summed E-state index contributed by atoms with van der Waals surface area (Å²) in [6.45, 7) is 3.57. The predicted octanol–water partition coefficient (Wildman–Crippen LogP) is 2.80. The molecule has 1 nitrogen and oxygen atoms in total. The molecule has 0 radical (unpaired) electrons. The Labute approximate surface area is 70.3 Å². The Morgan fingerprint density at radius 1 is 1.45 bits per heavy atom. The molecule has 0 aliphatic carbocycles. The van der Waals surface area contributed by atoms with Crippen LogP contribution in [0.4, 0.5) is 0 Å². The lowest BCUT2D eigenvalue weighted by Gasteiger charge is -1.96. The topological polar surface area (TPSA) is 17.1 Å². The van der Waals surface area contributed by atoms with Crippen molar-refractivity contribution in [2.45, 2.75) is 0 Å². The molecule has 0 unspecified atom stereocenters. The first-order chi connectivity index (χ1) is 5.27. The van der Waals surface area contributed by atoms with Crippen LogP contribution in [-0.2, 0) is 0 Å². The first-order valence-electron chi connectivity index (χ1n) is 3.15. The summed E-state index contributed by atoms with van der Waals surface area (Å²) in [5, 5.41) is 0.560. The maximum atomic E-state index is 10.3. The lowest BCUT2D eigenvalue weighted by atomic mass is 10.1. The van der Waals surface area contributed by atoms with E-state index in [1.54, 1.807) is 24.3 Å². The third-order valence-electron chi connectivity index (χ3n) is 1.38. The molecule has 0 N–H and O–H groups in total. The molecule has 56 valence electrons. The largest absolute Gasteiger partial charge is 0.298 e. The van der Waals surface area contributed by atoms with Crippen LogP contribution in [0.2, 0.25) is 5.02 Å². The highest BCUT2D eigenvalue weighted by Gasteiger charge is 1.96. The summed E-state index contributed by atoms with van der Waals surface area (Å²) in [7, 11) is 0. The molecule has 1 rings (SSSR count). The van der Waals surface area contributed by atoms with E-state index in [9.17, 15) is 4.79 Å². The molecule has 0 atom stereocenters. The van der Waals surface area contributed by atoms with Crippen molar-refractivity contribution in [1.82, 2.24) is 0 Å². The Morgan fingerprint density at radius 2 is 2.18 bits per heavy atom. The third kappa shape index (κ3) is 1.69. The number of hydrogen-bond acceptors (Lipinski definition) is 1. The van der Waals surface area contributed by atoms with E-state index in [0.717, 1.165) is 11.8 Å². The smallest absolute Gasteiger partial charge is 0.150 e. The summed E-state index contributed by atoms with van der Waals surface area (Å²) in [5.41, 5.74) is 1.43.